The van der Waals surface area contributed by atoms with Crippen molar-refractivity contribution in [3.05, 3.63) is 23.5 Å². The largest absolute Gasteiger partial charge is 0.372 e. The van der Waals surface area contributed by atoms with Crippen molar-refractivity contribution >= 4 is 6.21 Å². The van der Waals surface area contributed by atoms with Crippen molar-refractivity contribution in [2.45, 2.75) is 12.6 Å². The molecule has 4 nitrogen and oxygen atoms in total. The van der Waals surface area contributed by atoms with Gasteiger partial charge in [0.05, 0.1) is 12.8 Å². The third-order valence-corrected chi connectivity index (χ3v) is 2.07. The van der Waals surface area contributed by atoms with E-state index in [-0.39, 0.29) is 6.17 Å². The van der Waals surface area contributed by atoms with Crippen LogP contribution in [0, 0.1) is 0 Å². The SMILES string of the molecule is NC1NCNC2=C1CC=NC=C2. The molecule has 4 heteroatoms. The maximum absolute atomic E-state index is 5.85. The summed E-state index contributed by atoms with van der Waals surface area (Å²) in [6.45, 7) is 0.727. The van der Waals surface area contributed by atoms with Gasteiger partial charge in [-0.3, -0.25) is 10.3 Å². The summed E-state index contributed by atoms with van der Waals surface area (Å²) in [6.07, 6.45) is 6.40. The highest BCUT2D eigenvalue weighted by molar-refractivity contribution is 5.64. The molecule has 0 aromatic carbocycles. The van der Waals surface area contributed by atoms with Crippen LogP contribution in [0.3, 0.4) is 0 Å². The summed E-state index contributed by atoms with van der Waals surface area (Å²) < 4.78 is 0. The predicted molar refractivity (Wildman–Crippen MR) is 48.4 cm³/mol. The van der Waals surface area contributed by atoms with E-state index < -0.39 is 0 Å². The van der Waals surface area contributed by atoms with Crippen LogP contribution in [-0.2, 0) is 0 Å². The molecule has 0 amide bonds. The zero-order valence-electron chi connectivity index (χ0n) is 6.75. The Morgan fingerprint density at radius 2 is 2.50 bits per heavy atom. The first-order chi connectivity index (χ1) is 5.88. The first kappa shape index (κ1) is 7.52. The normalized spacial score (nSPS) is 27.9. The number of hydrogen-bond donors (Lipinski definition) is 3. The molecule has 1 unspecified atom stereocenters. The maximum Gasteiger partial charge on any atom is 0.0809 e. The fraction of sp³-hybridized carbons (Fsp3) is 0.375. The molecule has 2 aliphatic rings. The summed E-state index contributed by atoms with van der Waals surface area (Å²) in [5, 5.41) is 6.34. The van der Waals surface area contributed by atoms with Gasteiger partial charge in [0.25, 0.3) is 0 Å². The molecule has 0 aromatic heterocycles. The summed E-state index contributed by atoms with van der Waals surface area (Å²) in [5.41, 5.74) is 8.14. The second-order valence-corrected chi connectivity index (χ2v) is 2.83. The van der Waals surface area contributed by atoms with E-state index in [1.807, 2.05) is 12.3 Å². The fourth-order valence-corrected chi connectivity index (χ4v) is 1.39. The van der Waals surface area contributed by atoms with Crippen LogP contribution in [0.5, 0.6) is 0 Å². The van der Waals surface area contributed by atoms with Crippen LogP contribution in [0.2, 0.25) is 0 Å². The molecule has 2 heterocycles. The molecule has 2 rings (SSSR count). The third-order valence-electron chi connectivity index (χ3n) is 2.07. The van der Waals surface area contributed by atoms with E-state index in [2.05, 4.69) is 15.6 Å². The summed E-state index contributed by atoms with van der Waals surface area (Å²) in [7, 11) is 0. The molecule has 1 atom stereocenters. The lowest BCUT2D eigenvalue weighted by Crippen LogP contribution is -2.49. The Morgan fingerprint density at radius 1 is 1.58 bits per heavy atom. The smallest absolute Gasteiger partial charge is 0.0809 e. The van der Waals surface area contributed by atoms with Gasteiger partial charge in [-0.2, -0.15) is 0 Å². The molecule has 0 spiro atoms. The van der Waals surface area contributed by atoms with Gasteiger partial charge in [0.2, 0.25) is 0 Å². The molecule has 12 heavy (non-hydrogen) atoms. The number of nitrogens with zero attached hydrogens (tertiary/aromatic N) is 1. The number of allylic oxidation sites excluding steroid dienone is 1. The molecule has 0 saturated carbocycles. The van der Waals surface area contributed by atoms with Gasteiger partial charge in [-0.1, -0.05) is 0 Å². The monoisotopic (exact) mass is 164 g/mol. The highest BCUT2D eigenvalue weighted by Crippen LogP contribution is 2.14. The molecule has 2 aliphatic heterocycles. The Kier molecular flexibility index (Phi) is 1.93. The van der Waals surface area contributed by atoms with Gasteiger partial charge >= 0.3 is 0 Å². The van der Waals surface area contributed by atoms with Crippen LogP contribution < -0.4 is 16.4 Å². The van der Waals surface area contributed by atoms with Gasteiger partial charge < -0.3 is 11.1 Å². The average molecular weight is 164 g/mol. The number of rotatable bonds is 0. The minimum Gasteiger partial charge on any atom is -0.372 e. The van der Waals surface area contributed by atoms with Gasteiger partial charge in [0.15, 0.2) is 0 Å². The second kappa shape index (κ2) is 3.08. The lowest BCUT2D eigenvalue weighted by Gasteiger charge is -2.25. The van der Waals surface area contributed by atoms with Gasteiger partial charge in [-0.15, -0.1) is 0 Å². The van der Waals surface area contributed by atoms with E-state index in [4.69, 9.17) is 5.73 Å². The van der Waals surface area contributed by atoms with Crippen LogP contribution in [0.4, 0.5) is 0 Å². The highest BCUT2D eigenvalue weighted by atomic mass is 15.2. The zero-order valence-corrected chi connectivity index (χ0v) is 6.75. The van der Waals surface area contributed by atoms with Crippen molar-refractivity contribution in [1.82, 2.24) is 10.6 Å². The molecule has 0 aromatic rings. The molecule has 4 N–H and O–H groups in total. The van der Waals surface area contributed by atoms with Crippen molar-refractivity contribution in [2.75, 3.05) is 6.67 Å². The summed E-state index contributed by atoms with van der Waals surface area (Å²) in [6, 6.07) is 0. The zero-order chi connectivity index (χ0) is 8.39. The third kappa shape index (κ3) is 1.26. The predicted octanol–water partition coefficient (Wildman–Crippen LogP) is -0.336. The molecule has 0 saturated heterocycles. The summed E-state index contributed by atoms with van der Waals surface area (Å²) >= 11 is 0. The molecular formula is C8H12N4. The quantitative estimate of drug-likeness (QED) is 0.459. The topological polar surface area (TPSA) is 62.4 Å². The Balaban J connectivity index is 2.32. The number of aliphatic imine (C=N–C) groups is 1. The molecule has 64 valence electrons. The van der Waals surface area contributed by atoms with E-state index >= 15 is 0 Å². The average Bonchev–Trinajstić information content (AvgIpc) is 2.30. The summed E-state index contributed by atoms with van der Waals surface area (Å²) in [5.74, 6) is 0. The minimum atomic E-state index is -0.0320. The number of hydrogen-bond acceptors (Lipinski definition) is 4. The first-order valence-electron chi connectivity index (χ1n) is 4.02. The number of nitrogens with two attached hydrogens (primary N) is 1. The van der Waals surface area contributed by atoms with Crippen LogP contribution >= 0.6 is 0 Å². The maximum atomic E-state index is 5.85. The van der Waals surface area contributed by atoms with E-state index in [1.54, 1.807) is 6.20 Å². The standard InChI is InChI=1S/C8H12N4/c9-8-6-1-3-10-4-2-7(6)11-5-12-8/h2-4,8,11-12H,1,5,9H2. The Morgan fingerprint density at radius 3 is 3.42 bits per heavy atom. The van der Waals surface area contributed by atoms with E-state index in [9.17, 15) is 0 Å². The Hall–Kier alpha value is -1.13. The molecule has 0 radical (unpaired) electrons. The van der Waals surface area contributed by atoms with Crippen molar-refractivity contribution in [3.63, 3.8) is 0 Å². The molecule has 0 fully saturated rings. The van der Waals surface area contributed by atoms with Gasteiger partial charge in [0.1, 0.15) is 0 Å². The van der Waals surface area contributed by atoms with Crippen LogP contribution in [0.25, 0.3) is 0 Å². The van der Waals surface area contributed by atoms with Gasteiger partial charge in [-0.25, -0.2) is 0 Å². The second-order valence-electron chi connectivity index (χ2n) is 2.83. The van der Waals surface area contributed by atoms with Crippen LogP contribution in [0.1, 0.15) is 6.42 Å². The molecular weight excluding hydrogens is 152 g/mol. The van der Waals surface area contributed by atoms with Gasteiger partial charge in [-0.05, 0) is 11.6 Å². The van der Waals surface area contributed by atoms with Crippen LogP contribution in [-0.4, -0.2) is 19.0 Å². The van der Waals surface area contributed by atoms with Crippen molar-refractivity contribution < 1.29 is 0 Å². The minimum absolute atomic E-state index is 0.0320. The van der Waals surface area contributed by atoms with E-state index in [0.717, 1.165) is 18.8 Å². The molecule has 0 bridgehead atoms. The van der Waals surface area contributed by atoms with Gasteiger partial charge in [0, 0.05) is 24.5 Å². The molecule has 0 aliphatic carbocycles. The van der Waals surface area contributed by atoms with Crippen molar-refractivity contribution in [3.8, 4) is 0 Å². The summed E-state index contributed by atoms with van der Waals surface area (Å²) in [4.78, 5) is 4.06. The van der Waals surface area contributed by atoms with E-state index in [1.165, 1.54) is 5.57 Å². The van der Waals surface area contributed by atoms with E-state index in [0.29, 0.717) is 0 Å². The van der Waals surface area contributed by atoms with Crippen molar-refractivity contribution in [2.24, 2.45) is 10.7 Å². The lowest BCUT2D eigenvalue weighted by atomic mass is 10.1. The van der Waals surface area contributed by atoms with Crippen molar-refractivity contribution in [1.29, 1.82) is 0 Å². The first-order valence-corrected chi connectivity index (χ1v) is 4.02. The number of nitrogens with one attached hydrogen (secondary N) is 2. The Bertz CT molecular complexity index is 264. The Labute approximate surface area is 71.2 Å². The highest BCUT2D eigenvalue weighted by Gasteiger charge is 2.16. The van der Waals surface area contributed by atoms with Crippen LogP contribution in [0.15, 0.2) is 28.5 Å². The fourth-order valence-electron chi connectivity index (χ4n) is 1.39. The lowest BCUT2D eigenvalue weighted by molar-refractivity contribution is 0.516.